The maximum atomic E-state index is 11.5. The van der Waals surface area contributed by atoms with Gasteiger partial charge >= 0.3 is 6.03 Å². The minimum absolute atomic E-state index is 0.299. The van der Waals surface area contributed by atoms with Crippen LogP contribution in [0.3, 0.4) is 0 Å². The third-order valence-corrected chi connectivity index (χ3v) is 2.22. The molecule has 0 unspecified atom stereocenters. The van der Waals surface area contributed by atoms with Crippen LogP contribution in [-0.4, -0.2) is 25.8 Å². The maximum Gasteiger partial charge on any atom is 0.319 e. The molecule has 0 fully saturated rings. The number of amides is 2. The highest BCUT2D eigenvalue weighted by Crippen LogP contribution is 2.37. The van der Waals surface area contributed by atoms with E-state index in [0.29, 0.717) is 36.9 Å². The van der Waals surface area contributed by atoms with E-state index in [9.17, 15) is 4.79 Å². The molecule has 17 heavy (non-hydrogen) atoms. The fourth-order valence-corrected chi connectivity index (χ4v) is 1.50. The second-order valence-corrected chi connectivity index (χ2v) is 3.45. The van der Waals surface area contributed by atoms with Crippen LogP contribution in [0.25, 0.3) is 0 Å². The lowest BCUT2D eigenvalue weighted by Gasteiger charge is -2.21. The number of benzene rings is 1. The van der Waals surface area contributed by atoms with Crippen molar-refractivity contribution in [1.29, 1.82) is 0 Å². The molecule has 5 heteroatoms. The smallest absolute Gasteiger partial charge is 0.319 e. The first kappa shape index (κ1) is 11.3. The number of para-hydroxylation sites is 1. The van der Waals surface area contributed by atoms with Crippen LogP contribution in [0.1, 0.15) is 0 Å². The zero-order valence-corrected chi connectivity index (χ0v) is 9.36. The number of rotatable bonds is 3. The fraction of sp³-hybridized carbons (Fsp3) is 0.250. The zero-order chi connectivity index (χ0) is 12.1. The Hall–Kier alpha value is -2.17. The zero-order valence-electron chi connectivity index (χ0n) is 9.36. The lowest BCUT2D eigenvalue weighted by atomic mass is 10.2. The number of fused-ring (bicyclic) bond motifs is 1. The van der Waals surface area contributed by atoms with Gasteiger partial charge in [-0.3, -0.25) is 0 Å². The van der Waals surface area contributed by atoms with Gasteiger partial charge < -0.3 is 20.1 Å². The third kappa shape index (κ3) is 2.69. The molecular formula is C12H14N2O3. The number of hydrogen-bond acceptors (Lipinski definition) is 3. The van der Waals surface area contributed by atoms with E-state index in [1.165, 1.54) is 0 Å². The molecule has 0 saturated carbocycles. The summed E-state index contributed by atoms with van der Waals surface area (Å²) in [6.45, 7) is 4.95. The van der Waals surface area contributed by atoms with E-state index >= 15 is 0 Å². The summed E-state index contributed by atoms with van der Waals surface area (Å²) in [4.78, 5) is 11.5. The van der Waals surface area contributed by atoms with Crippen molar-refractivity contribution >= 4 is 11.7 Å². The fourth-order valence-electron chi connectivity index (χ4n) is 1.50. The van der Waals surface area contributed by atoms with Crippen LogP contribution in [0.2, 0.25) is 0 Å². The maximum absolute atomic E-state index is 11.5. The number of hydrogen-bond donors (Lipinski definition) is 2. The molecule has 1 aliphatic heterocycles. The van der Waals surface area contributed by atoms with Gasteiger partial charge in [0.1, 0.15) is 13.2 Å². The van der Waals surface area contributed by atoms with Gasteiger partial charge in [-0.1, -0.05) is 12.1 Å². The second-order valence-electron chi connectivity index (χ2n) is 3.45. The highest BCUT2D eigenvalue weighted by molar-refractivity contribution is 5.91. The number of anilines is 1. The summed E-state index contributed by atoms with van der Waals surface area (Å²) >= 11 is 0. The lowest BCUT2D eigenvalue weighted by molar-refractivity contribution is 0.172. The molecule has 0 spiro atoms. The Morgan fingerprint density at radius 1 is 1.41 bits per heavy atom. The summed E-state index contributed by atoms with van der Waals surface area (Å²) in [7, 11) is 0. The molecule has 2 amide bonds. The molecule has 1 aromatic carbocycles. The summed E-state index contributed by atoms with van der Waals surface area (Å²) in [5, 5.41) is 5.33. The molecule has 1 heterocycles. The van der Waals surface area contributed by atoms with Crippen molar-refractivity contribution in [2.24, 2.45) is 0 Å². The van der Waals surface area contributed by atoms with Crippen LogP contribution in [0.5, 0.6) is 11.5 Å². The Balaban J connectivity index is 2.10. The molecule has 0 saturated heterocycles. The third-order valence-electron chi connectivity index (χ3n) is 2.22. The molecule has 1 aromatic rings. The van der Waals surface area contributed by atoms with Crippen molar-refractivity contribution in [3.63, 3.8) is 0 Å². The predicted molar refractivity (Wildman–Crippen MR) is 64.7 cm³/mol. The summed E-state index contributed by atoms with van der Waals surface area (Å²) < 4.78 is 10.9. The first-order valence-electron chi connectivity index (χ1n) is 5.35. The summed E-state index contributed by atoms with van der Waals surface area (Å²) in [5.74, 6) is 1.23. The van der Waals surface area contributed by atoms with Gasteiger partial charge in [-0.2, -0.15) is 0 Å². The van der Waals surface area contributed by atoms with Crippen LogP contribution in [0.4, 0.5) is 10.5 Å². The van der Waals surface area contributed by atoms with Gasteiger partial charge in [0.15, 0.2) is 11.5 Å². The molecule has 0 bridgehead atoms. The lowest BCUT2D eigenvalue weighted by Crippen LogP contribution is -2.29. The monoisotopic (exact) mass is 234 g/mol. The number of carbonyl (C=O) groups is 1. The molecule has 2 N–H and O–H groups in total. The van der Waals surface area contributed by atoms with E-state index in [0.717, 1.165) is 0 Å². The van der Waals surface area contributed by atoms with E-state index in [4.69, 9.17) is 9.47 Å². The average Bonchev–Trinajstić information content (AvgIpc) is 2.37. The van der Waals surface area contributed by atoms with E-state index in [-0.39, 0.29) is 6.03 Å². The van der Waals surface area contributed by atoms with Crippen LogP contribution in [-0.2, 0) is 0 Å². The first-order valence-corrected chi connectivity index (χ1v) is 5.35. The van der Waals surface area contributed by atoms with Gasteiger partial charge in [0.2, 0.25) is 0 Å². The van der Waals surface area contributed by atoms with Gasteiger partial charge in [0.25, 0.3) is 0 Å². The highest BCUT2D eigenvalue weighted by Gasteiger charge is 2.16. The summed E-state index contributed by atoms with van der Waals surface area (Å²) in [6.07, 6.45) is 1.61. The van der Waals surface area contributed by atoms with Crippen molar-refractivity contribution in [2.45, 2.75) is 0 Å². The Morgan fingerprint density at radius 3 is 3.06 bits per heavy atom. The summed E-state index contributed by atoms with van der Waals surface area (Å²) in [6, 6.07) is 5.08. The van der Waals surface area contributed by atoms with Gasteiger partial charge in [-0.05, 0) is 12.1 Å². The number of nitrogens with one attached hydrogen (secondary N) is 2. The molecule has 1 aliphatic rings. The van der Waals surface area contributed by atoms with E-state index in [1.54, 1.807) is 24.3 Å². The molecule has 90 valence electrons. The predicted octanol–water partition coefficient (Wildman–Crippen LogP) is 1.77. The minimum atomic E-state index is -0.299. The molecule has 0 aromatic heterocycles. The normalized spacial score (nSPS) is 12.7. The van der Waals surface area contributed by atoms with E-state index in [1.807, 2.05) is 0 Å². The van der Waals surface area contributed by atoms with E-state index in [2.05, 4.69) is 17.2 Å². The number of carbonyl (C=O) groups excluding carboxylic acids is 1. The molecule has 5 nitrogen and oxygen atoms in total. The molecule has 0 atom stereocenters. The molecule has 2 rings (SSSR count). The molecule has 0 radical (unpaired) electrons. The van der Waals surface area contributed by atoms with Crippen LogP contribution < -0.4 is 20.1 Å². The summed E-state index contributed by atoms with van der Waals surface area (Å²) in [5.41, 5.74) is 0.601. The number of ether oxygens (including phenoxy) is 2. The minimum Gasteiger partial charge on any atom is -0.486 e. The Morgan fingerprint density at radius 2 is 2.24 bits per heavy atom. The van der Waals surface area contributed by atoms with Crippen molar-refractivity contribution in [1.82, 2.24) is 5.32 Å². The van der Waals surface area contributed by atoms with Gasteiger partial charge in [0.05, 0.1) is 5.69 Å². The van der Waals surface area contributed by atoms with Crippen LogP contribution >= 0.6 is 0 Å². The van der Waals surface area contributed by atoms with Crippen molar-refractivity contribution in [2.75, 3.05) is 25.1 Å². The Labute approximate surface area is 99.4 Å². The van der Waals surface area contributed by atoms with Gasteiger partial charge in [-0.15, -0.1) is 6.58 Å². The average molecular weight is 234 g/mol. The van der Waals surface area contributed by atoms with Crippen molar-refractivity contribution in [3.8, 4) is 11.5 Å². The topological polar surface area (TPSA) is 59.6 Å². The van der Waals surface area contributed by atoms with Gasteiger partial charge in [0, 0.05) is 6.54 Å². The van der Waals surface area contributed by atoms with Crippen molar-refractivity contribution < 1.29 is 14.3 Å². The van der Waals surface area contributed by atoms with E-state index < -0.39 is 0 Å². The van der Waals surface area contributed by atoms with Crippen LogP contribution in [0.15, 0.2) is 30.9 Å². The van der Waals surface area contributed by atoms with Crippen LogP contribution in [0, 0.1) is 0 Å². The quantitative estimate of drug-likeness (QED) is 0.783. The standard InChI is InChI=1S/C12H14N2O3/c1-2-6-13-12(15)14-9-4-3-5-10-11(9)17-8-7-16-10/h2-5H,1,6-8H2,(H2,13,14,15). The molecule has 0 aliphatic carbocycles. The highest BCUT2D eigenvalue weighted by atomic mass is 16.6. The number of urea groups is 1. The Bertz CT molecular complexity index is 432. The SMILES string of the molecule is C=CCNC(=O)Nc1cccc2c1OCCO2. The largest absolute Gasteiger partial charge is 0.486 e. The van der Waals surface area contributed by atoms with Gasteiger partial charge in [-0.25, -0.2) is 4.79 Å². The van der Waals surface area contributed by atoms with Crippen molar-refractivity contribution in [3.05, 3.63) is 30.9 Å². The molecular weight excluding hydrogens is 220 g/mol. The Kier molecular flexibility index (Phi) is 3.49. The second kappa shape index (κ2) is 5.25. The first-order chi connectivity index (χ1) is 8.31.